The summed E-state index contributed by atoms with van der Waals surface area (Å²) in [6, 6.07) is 20.1. The summed E-state index contributed by atoms with van der Waals surface area (Å²) in [5, 5.41) is 0.459. The van der Waals surface area contributed by atoms with Crippen LogP contribution in [-0.2, 0) is 0 Å². The van der Waals surface area contributed by atoms with Gasteiger partial charge in [0.1, 0.15) is 0 Å². The summed E-state index contributed by atoms with van der Waals surface area (Å²) >= 11 is 1.27. The number of carbonyl (C=O) groups is 1. The van der Waals surface area contributed by atoms with E-state index in [-0.39, 0.29) is 11.3 Å². The minimum absolute atomic E-state index is 0.0954. The smallest absolute Gasteiger partial charge is 0.251 e. The summed E-state index contributed by atoms with van der Waals surface area (Å²) < 4.78 is 0. The molecule has 4 nitrogen and oxygen atoms in total. The second-order valence-corrected chi connectivity index (χ2v) is 6.43. The number of thioether (sulfide) groups is 1. The first kappa shape index (κ1) is 16.9. The predicted molar refractivity (Wildman–Crippen MR) is 101 cm³/mol. The summed E-state index contributed by atoms with van der Waals surface area (Å²) in [7, 11) is 0. The van der Waals surface area contributed by atoms with Crippen LogP contribution >= 0.6 is 11.8 Å². The highest BCUT2D eigenvalue weighted by Gasteiger charge is 2.10. The lowest BCUT2D eigenvalue weighted by Gasteiger charge is -2.07. The zero-order valence-electron chi connectivity index (χ0n) is 13.6. The highest BCUT2D eigenvalue weighted by molar-refractivity contribution is 8.08. The maximum absolute atomic E-state index is 12.6. The number of aromatic amines is 1. The van der Waals surface area contributed by atoms with Gasteiger partial charge in [-0.2, -0.15) is 0 Å². The molecule has 0 fully saturated rings. The molecule has 0 bridgehead atoms. The van der Waals surface area contributed by atoms with Crippen molar-refractivity contribution in [1.82, 2.24) is 9.97 Å². The Kier molecular flexibility index (Phi) is 5.26. The fraction of sp³-hybridized carbons (Fsp3) is 0.0500. The van der Waals surface area contributed by atoms with Crippen LogP contribution in [0.5, 0.6) is 0 Å². The Morgan fingerprint density at radius 2 is 1.60 bits per heavy atom. The van der Waals surface area contributed by atoms with Gasteiger partial charge in [0.2, 0.25) is 0 Å². The number of ketones is 1. The van der Waals surface area contributed by atoms with E-state index in [0.717, 1.165) is 10.5 Å². The zero-order chi connectivity index (χ0) is 17.6. The molecular formula is C20H16N2O2S. The Hall–Kier alpha value is -2.92. The molecular weight excluding hydrogens is 332 g/mol. The third-order valence-electron chi connectivity index (χ3n) is 3.43. The van der Waals surface area contributed by atoms with Crippen LogP contribution in [-0.4, -0.2) is 15.8 Å². The van der Waals surface area contributed by atoms with Crippen molar-refractivity contribution in [1.29, 1.82) is 0 Å². The highest BCUT2D eigenvalue weighted by Crippen LogP contribution is 2.32. The minimum atomic E-state index is -0.211. The maximum Gasteiger partial charge on any atom is 0.251 e. The van der Waals surface area contributed by atoms with Gasteiger partial charge in [-0.1, -0.05) is 72.4 Å². The summed E-state index contributed by atoms with van der Waals surface area (Å²) in [6.45, 7) is 1.76. The van der Waals surface area contributed by atoms with Gasteiger partial charge in [0.15, 0.2) is 10.9 Å². The molecule has 0 saturated heterocycles. The van der Waals surface area contributed by atoms with Crippen molar-refractivity contribution in [3.8, 4) is 0 Å². The number of nitrogens with zero attached hydrogens (tertiary/aromatic N) is 1. The van der Waals surface area contributed by atoms with Crippen molar-refractivity contribution in [3.05, 3.63) is 100.0 Å². The van der Waals surface area contributed by atoms with Crippen molar-refractivity contribution < 1.29 is 4.79 Å². The van der Waals surface area contributed by atoms with E-state index < -0.39 is 0 Å². The molecule has 2 aromatic carbocycles. The first-order valence-electron chi connectivity index (χ1n) is 7.74. The highest BCUT2D eigenvalue weighted by atomic mass is 32.2. The fourth-order valence-electron chi connectivity index (χ4n) is 2.28. The second kappa shape index (κ2) is 7.77. The molecule has 0 atom stereocenters. The van der Waals surface area contributed by atoms with Crippen LogP contribution in [0.2, 0.25) is 0 Å². The first-order valence-corrected chi connectivity index (χ1v) is 8.56. The molecule has 1 heterocycles. The number of hydrogen-bond acceptors (Lipinski definition) is 4. The molecule has 0 aliphatic heterocycles. The average molecular weight is 348 g/mol. The minimum Gasteiger partial charge on any atom is -0.301 e. The van der Waals surface area contributed by atoms with Crippen molar-refractivity contribution in [2.75, 3.05) is 0 Å². The molecule has 0 radical (unpaired) electrons. The molecule has 124 valence electrons. The van der Waals surface area contributed by atoms with E-state index in [2.05, 4.69) is 9.97 Å². The van der Waals surface area contributed by atoms with Gasteiger partial charge in [0, 0.05) is 28.3 Å². The third-order valence-corrected chi connectivity index (χ3v) is 4.39. The Labute approximate surface area is 149 Å². The molecule has 0 aliphatic rings. The Balaban J connectivity index is 2.00. The number of aromatic nitrogens is 2. The molecule has 0 saturated carbocycles. The standard InChI is InChI=1S/C20H16N2O2S/c1-14-12-19(24)22-20(21-14)25-18(16-10-6-3-7-11-16)13-17(23)15-8-4-2-5-9-15/h2-13H,1H3,(H,21,22,24)/b18-13+. The first-order chi connectivity index (χ1) is 12.1. The number of hydrogen-bond donors (Lipinski definition) is 1. The number of aryl methyl sites for hydroxylation is 1. The number of allylic oxidation sites excluding steroid dienone is 1. The molecule has 0 spiro atoms. The molecule has 1 aromatic heterocycles. The van der Waals surface area contributed by atoms with Gasteiger partial charge in [0.25, 0.3) is 5.56 Å². The summed E-state index contributed by atoms with van der Waals surface area (Å²) in [6.07, 6.45) is 1.58. The van der Waals surface area contributed by atoms with Gasteiger partial charge in [0.05, 0.1) is 0 Å². The molecule has 3 rings (SSSR count). The maximum atomic E-state index is 12.6. The van der Waals surface area contributed by atoms with Crippen LogP contribution < -0.4 is 5.56 Å². The predicted octanol–water partition coefficient (Wildman–Crippen LogP) is 4.09. The number of carbonyl (C=O) groups excluding carboxylic acids is 1. The fourth-order valence-corrected chi connectivity index (χ4v) is 3.25. The van der Waals surface area contributed by atoms with Crippen molar-refractivity contribution in [3.63, 3.8) is 0 Å². The van der Waals surface area contributed by atoms with Crippen LogP contribution in [0.25, 0.3) is 4.91 Å². The number of nitrogens with one attached hydrogen (secondary N) is 1. The Morgan fingerprint density at radius 3 is 2.20 bits per heavy atom. The van der Waals surface area contributed by atoms with Gasteiger partial charge < -0.3 is 4.98 Å². The number of rotatable bonds is 5. The number of H-pyrrole nitrogens is 1. The lowest BCUT2D eigenvalue weighted by Crippen LogP contribution is -2.08. The van der Waals surface area contributed by atoms with Crippen molar-refractivity contribution in [2.24, 2.45) is 0 Å². The normalized spacial score (nSPS) is 11.3. The molecule has 1 N–H and O–H groups in total. The number of benzene rings is 2. The summed E-state index contributed by atoms with van der Waals surface area (Å²) in [4.78, 5) is 32.0. The molecule has 0 aliphatic carbocycles. The van der Waals surface area contributed by atoms with E-state index in [9.17, 15) is 9.59 Å². The summed E-state index contributed by atoms with van der Waals surface area (Å²) in [5.41, 5.74) is 1.92. The van der Waals surface area contributed by atoms with E-state index in [0.29, 0.717) is 16.4 Å². The van der Waals surface area contributed by atoms with Crippen LogP contribution in [0.15, 0.2) is 82.8 Å². The van der Waals surface area contributed by atoms with Gasteiger partial charge in [-0.25, -0.2) is 4.98 Å². The lowest BCUT2D eigenvalue weighted by atomic mass is 10.1. The largest absolute Gasteiger partial charge is 0.301 e. The molecule has 0 amide bonds. The van der Waals surface area contributed by atoms with Crippen LogP contribution in [0.1, 0.15) is 21.6 Å². The second-order valence-electron chi connectivity index (χ2n) is 5.40. The van der Waals surface area contributed by atoms with E-state index >= 15 is 0 Å². The van der Waals surface area contributed by atoms with E-state index in [1.807, 2.05) is 48.5 Å². The van der Waals surface area contributed by atoms with Crippen LogP contribution in [0.4, 0.5) is 0 Å². The van der Waals surface area contributed by atoms with E-state index in [1.54, 1.807) is 25.1 Å². The SMILES string of the molecule is Cc1cc(=O)[nH]c(S/C(=C/C(=O)c2ccccc2)c2ccccc2)n1. The van der Waals surface area contributed by atoms with Crippen molar-refractivity contribution in [2.45, 2.75) is 12.1 Å². The van der Waals surface area contributed by atoms with Crippen LogP contribution in [0, 0.1) is 6.92 Å². The summed E-state index contributed by atoms with van der Waals surface area (Å²) in [5.74, 6) is -0.0954. The molecule has 0 unspecified atom stereocenters. The quantitative estimate of drug-likeness (QED) is 0.326. The van der Waals surface area contributed by atoms with E-state index in [4.69, 9.17) is 0 Å². The van der Waals surface area contributed by atoms with Gasteiger partial charge in [-0.3, -0.25) is 9.59 Å². The van der Waals surface area contributed by atoms with Gasteiger partial charge >= 0.3 is 0 Å². The van der Waals surface area contributed by atoms with Crippen LogP contribution in [0.3, 0.4) is 0 Å². The molecule has 25 heavy (non-hydrogen) atoms. The van der Waals surface area contributed by atoms with Gasteiger partial charge in [-0.05, 0) is 12.5 Å². The average Bonchev–Trinajstić information content (AvgIpc) is 2.62. The van der Waals surface area contributed by atoms with Crippen molar-refractivity contribution >= 4 is 22.5 Å². The topological polar surface area (TPSA) is 62.8 Å². The third kappa shape index (κ3) is 4.55. The lowest BCUT2D eigenvalue weighted by molar-refractivity contribution is 0.104. The molecule has 5 heteroatoms. The Bertz CT molecular complexity index is 964. The van der Waals surface area contributed by atoms with E-state index in [1.165, 1.54) is 17.8 Å². The monoisotopic (exact) mass is 348 g/mol. The molecule has 3 aromatic rings. The van der Waals surface area contributed by atoms with Gasteiger partial charge in [-0.15, -0.1) is 0 Å². The Morgan fingerprint density at radius 1 is 1.00 bits per heavy atom. The zero-order valence-corrected chi connectivity index (χ0v) is 14.4.